The van der Waals surface area contributed by atoms with Crippen LogP contribution in [0.1, 0.15) is 36.4 Å². The predicted octanol–water partition coefficient (Wildman–Crippen LogP) is 4.59. The molecule has 12 heteroatoms. The largest absolute Gasteiger partial charge is 0.486 e. The summed E-state index contributed by atoms with van der Waals surface area (Å²) in [5.74, 6) is -2.93. The zero-order valence-corrected chi connectivity index (χ0v) is 21.9. The molecule has 0 radical (unpaired) electrons. The van der Waals surface area contributed by atoms with Gasteiger partial charge in [-0.3, -0.25) is 9.40 Å². The maximum absolute atomic E-state index is 15.2. The molecule has 2 aromatic heterocycles. The third kappa shape index (κ3) is 6.07. The lowest BCUT2D eigenvalue weighted by Crippen LogP contribution is -2.40. The highest BCUT2D eigenvalue weighted by atomic mass is 32.2. The maximum atomic E-state index is 15.2. The summed E-state index contributed by atoms with van der Waals surface area (Å²) in [4.78, 5) is 6.60. The van der Waals surface area contributed by atoms with Gasteiger partial charge in [-0.25, -0.2) is 27.2 Å². The maximum Gasteiger partial charge on any atom is 0.266 e. The second-order valence-corrected chi connectivity index (χ2v) is 10.9. The normalized spacial score (nSPS) is 19.5. The molecular formula is C27H27F2N5O4S. The van der Waals surface area contributed by atoms with Gasteiger partial charge >= 0.3 is 0 Å². The zero-order chi connectivity index (χ0) is 27.4. The Morgan fingerprint density at radius 3 is 2.54 bits per heavy atom. The van der Waals surface area contributed by atoms with E-state index in [2.05, 4.69) is 19.8 Å². The minimum absolute atomic E-state index is 0.0760. The van der Waals surface area contributed by atoms with Gasteiger partial charge in [0.2, 0.25) is 0 Å². The Bertz CT molecular complexity index is 1520. The van der Waals surface area contributed by atoms with E-state index < -0.39 is 32.7 Å². The number of anilines is 1. The van der Waals surface area contributed by atoms with Crippen molar-refractivity contribution >= 4 is 15.8 Å². The third-order valence-electron chi connectivity index (χ3n) is 6.66. The average molecular weight is 556 g/mol. The number of hydrogen-bond acceptors (Lipinski definition) is 7. The van der Waals surface area contributed by atoms with Crippen LogP contribution in [0.25, 0.3) is 0 Å². The van der Waals surface area contributed by atoms with Crippen molar-refractivity contribution in [1.29, 1.82) is 0 Å². The summed E-state index contributed by atoms with van der Waals surface area (Å²) in [5.41, 5.74) is 1.86. The zero-order valence-electron chi connectivity index (χ0n) is 21.1. The molecular weight excluding hydrogens is 528 g/mol. The van der Waals surface area contributed by atoms with Crippen LogP contribution in [0.3, 0.4) is 0 Å². The summed E-state index contributed by atoms with van der Waals surface area (Å²) in [6.07, 6.45) is 5.36. The molecule has 1 aliphatic rings. The number of nitrogens with one attached hydrogen (secondary N) is 1. The van der Waals surface area contributed by atoms with Crippen molar-refractivity contribution in [1.82, 2.24) is 19.7 Å². The highest BCUT2D eigenvalue weighted by Crippen LogP contribution is 2.39. The van der Waals surface area contributed by atoms with Crippen LogP contribution in [0.5, 0.6) is 5.75 Å². The molecule has 0 amide bonds. The highest BCUT2D eigenvalue weighted by molar-refractivity contribution is 7.92. The number of sulfonamides is 1. The molecule has 4 aromatic rings. The van der Waals surface area contributed by atoms with Gasteiger partial charge in [-0.05, 0) is 37.0 Å². The van der Waals surface area contributed by atoms with E-state index in [1.807, 2.05) is 36.4 Å². The van der Waals surface area contributed by atoms with Gasteiger partial charge in [-0.1, -0.05) is 30.3 Å². The number of benzene rings is 2. The number of aryl methyl sites for hydroxylation is 1. The number of aromatic nitrogens is 4. The fraction of sp³-hybridized carbons (Fsp3) is 0.296. The number of rotatable bonds is 9. The van der Waals surface area contributed by atoms with Gasteiger partial charge in [-0.2, -0.15) is 5.10 Å². The predicted molar refractivity (Wildman–Crippen MR) is 138 cm³/mol. The van der Waals surface area contributed by atoms with Gasteiger partial charge in [0.1, 0.15) is 29.0 Å². The molecule has 3 atom stereocenters. The molecule has 0 saturated heterocycles. The third-order valence-corrected chi connectivity index (χ3v) is 8.03. The SMILES string of the molecule is Cn1nccc1[C@@H]1[C@@H](Oc2cc(F)c(S(=O)(=O)Nc3ccncn3)cc2F)CCC[C@H]1OCc1ccccc1. The van der Waals surface area contributed by atoms with E-state index in [0.717, 1.165) is 36.5 Å². The first kappa shape index (κ1) is 26.7. The molecule has 1 fully saturated rings. The van der Waals surface area contributed by atoms with E-state index in [-0.39, 0.29) is 23.6 Å². The van der Waals surface area contributed by atoms with Crippen LogP contribution in [0.15, 0.2) is 78.2 Å². The van der Waals surface area contributed by atoms with Gasteiger partial charge in [0.05, 0.1) is 18.6 Å². The van der Waals surface area contributed by atoms with Crippen LogP contribution >= 0.6 is 0 Å². The van der Waals surface area contributed by atoms with Gasteiger partial charge in [0.15, 0.2) is 11.6 Å². The van der Waals surface area contributed by atoms with Crippen molar-refractivity contribution in [2.45, 2.75) is 48.9 Å². The summed E-state index contributed by atoms with van der Waals surface area (Å²) < 4.78 is 71.9. The molecule has 0 spiro atoms. The van der Waals surface area contributed by atoms with Crippen molar-refractivity contribution < 1.29 is 26.7 Å². The fourth-order valence-electron chi connectivity index (χ4n) is 4.82. The molecule has 204 valence electrons. The van der Waals surface area contributed by atoms with Gasteiger partial charge in [-0.15, -0.1) is 0 Å². The first-order chi connectivity index (χ1) is 18.8. The first-order valence-electron chi connectivity index (χ1n) is 12.4. The Labute approximate surface area is 224 Å². The van der Waals surface area contributed by atoms with Gasteiger partial charge in [0.25, 0.3) is 10.0 Å². The van der Waals surface area contributed by atoms with Crippen LogP contribution in [0.4, 0.5) is 14.6 Å². The molecule has 0 aliphatic heterocycles. The van der Waals surface area contributed by atoms with E-state index in [0.29, 0.717) is 19.1 Å². The molecule has 2 aromatic carbocycles. The number of nitrogens with zero attached hydrogens (tertiary/aromatic N) is 4. The minimum Gasteiger partial charge on any atom is -0.486 e. The molecule has 0 unspecified atom stereocenters. The van der Waals surface area contributed by atoms with Crippen molar-refractivity contribution in [3.8, 4) is 5.75 Å². The smallest absolute Gasteiger partial charge is 0.266 e. The summed E-state index contributed by atoms with van der Waals surface area (Å²) >= 11 is 0. The Morgan fingerprint density at radius 1 is 1.03 bits per heavy atom. The topological polar surface area (TPSA) is 108 Å². The van der Waals surface area contributed by atoms with Crippen LogP contribution in [0.2, 0.25) is 0 Å². The van der Waals surface area contributed by atoms with Crippen molar-refractivity contribution in [2.75, 3.05) is 4.72 Å². The molecule has 39 heavy (non-hydrogen) atoms. The van der Waals surface area contributed by atoms with Crippen LogP contribution in [-0.2, 0) is 28.4 Å². The molecule has 9 nitrogen and oxygen atoms in total. The average Bonchev–Trinajstić information content (AvgIpc) is 3.35. The first-order valence-corrected chi connectivity index (χ1v) is 13.9. The summed E-state index contributed by atoms with van der Waals surface area (Å²) in [5, 5.41) is 4.28. The van der Waals surface area contributed by atoms with Crippen LogP contribution in [0, 0.1) is 11.6 Å². The molecule has 1 saturated carbocycles. The second kappa shape index (κ2) is 11.5. The quantitative estimate of drug-likeness (QED) is 0.322. The Kier molecular flexibility index (Phi) is 7.84. The highest BCUT2D eigenvalue weighted by Gasteiger charge is 2.39. The lowest BCUT2D eigenvalue weighted by molar-refractivity contribution is -0.0383. The summed E-state index contributed by atoms with van der Waals surface area (Å²) in [7, 11) is -2.65. The van der Waals surface area contributed by atoms with E-state index in [1.54, 1.807) is 17.9 Å². The standard InChI is InChI=1S/C27H27F2N5O4S/c1-34-21(10-13-32-34)27-22(37-16-18-6-3-2-4-7-18)8-5-9-23(27)38-24-14-20(29)25(15-19(24)28)39(35,36)33-26-11-12-30-17-31-26/h2-4,6-7,10-15,17,22-23,27H,5,8-9,16H2,1H3,(H,30,31,33)/t22-,23+,27+/m1/s1. The van der Waals surface area contributed by atoms with E-state index in [9.17, 15) is 8.42 Å². The second-order valence-electron chi connectivity index (χ2n) is 9.24. The van der Waals surface area contributed by atoms with Crippen molar-refractivity contribution in [2.24, 2.45) is 7.05 Å². The number of halogens is 2. The van der Waals surface area contributed by atoms with Gasteiger partial charge in [0, 0.05) is 37.3 Å². The lowest BCUT2D eigenvalue weighted by atomic mass is 9.81. The number of hydrogen-bond donors (Lipinski definition) is 1. The summed E-state index contributed by atoms with van der Waals surface area (Å²) in [6, 6.07) is 14.3. The van der Waals surface area contributed by atoms with E-state index >= 15 is 8.78 Å². The van der Waals surface area contributed by atoms with Crippen molar-refractivity contribution in [3.63, 3.8) is 0 Å². The summed E-state index contributed by atoms with van der Waals surface area (Å²) in [6.45, 7) is 0.390. The molecule has 0 bridgehead atoms. The molecule has 2 heterocycles. The molecule has 5 rings (SSSR count). The van der Waals surface area contributed by atoms with Crippen molar-refractivity contribution in [3.05, 3.63) is 96.2 Å². The molecule has 1 aliphatic carbocycles. The van der Waals surface area contributed by atoms with Crippen LogP contribution in [-0.4, -0.2) is 40.4 Å². The number of ether oxygens (including phenoxy) is 2. The van der Waals surface area contributed by atoms with E-state index in [4.69, 9.17) is 9.47 Å². The Balaban J connectivity index is 1.40. The Hall–Kier alpha value is -3.90. The fourth-order valence-corrected chi connectivity index (χ4v) is 5.90. The Morgan fingerprint density at radius 2 is 1.82 bits per heavy atom. The van der Waals surface area contributed by atoms with Gasteiger partial charge < -0.3 is 9.47 Å². The molecule has 1 N–H and O–H groups in total. The van der Waals surface area contributed by atoms with E-state index in [1.165, 1.54) is 12.3 Å². The van der Waals surface area contributed by atoms with Crippen LogP contribution < -0.4 is 9.46 Å². The monoisotopic (exact) mass is 555 g/mol. The lowest BCUT2D eigenvalue weighted by Gasteiger charge is -2.38. The minimum atomic E-state index is -4.45.